The van der Waals surface area contributed by atoms with Crippen molar-refractivity contribution < 1.29 is 0 Å². The van der Waals surface area contributed by atoms with E-state index >= 15 is 0 Å². The molecule has 11 rings (SSSR count). The van der Waals surface area contributed by atoms with Crippen molar-refractivity contribution in [2.24, 2.45) is 0 Å². The quantitative estimate of drug-likeness (QED) is 0.178. The number of para-hydroxylation sites is 2. The lowest BCUT2D eigenvalue weighted by molar-refractivity contribution is 1.25. The van der Waals surface area contributed by atoms with Gasteiger partial charge in [0.15, 0.2) is 5.65 Å². The van der Waals surface area contributed by atoms with Crippen molar-refractivity contribution in [2.75, 3.05) is 0 Å². The largest absolute Gasteiger partial charge is 0.291 e. The molecule has 0 saturated heterocycles. The molecule has 0 bridgehead atoms. The van der Waals surface area contributed by atoms with Crippen molar-refractivity contribution in [1.29, 1.82) is 0 Å². The molecule has 0 aliphatic heterocycles. The molecular formula is C46H27N3S. The van der Waals surface area contributed by atoms with Crippen LogP contribution in [-0.2, 0) is 0 Å². The van der Waals surface area contributed by atoms with Gasteiger partial charge in [0, 0.05) is 32.4 Å². The van der Waals surface area contributed by atoms with Crippen LogP contribution in [-0.4, -0.2) is 14.4 Å². The van der Waals surface area contributed by atoms with Crippen LogP contribution in [0.1, 0.15) is 0 Å². The second-order valence-corrected chi connectivity index (χ2v) is 14.0. The molecule has 4 heteroatoms. The second kappa shape index (κ2) is 10.6. The average Bonchev–Trinajstić information content (AvgIpc) is 3.76. The summed E-state index contributed by atoms with van der Waals surface area (Å²) in [6, 6.07) is 57.0. The van der Waals surface area contributed by atoms with Gasteiger partial charge >= 0.3 is 0 Å². The molecule has 0 N–H and O–H groups in total. The predicted octanol–water partition coefficient (Wildman–Crippen LogP) is 12.7. The van der Waals surface area contributed by atoms with Gasteiger partial charge in [-0.15, -0.1) is 11.3 Å². The van der Waals surface area contributed by atoms with Crippen molar-refractivity contribution in [3.8, 4) is 33.5 Å². The first-order valence-corrected chi connectivity index (χ1v) is 17.7. The third-order valence-corrected chi connectivity index (χ3v) is 11.4. The highest BCUT2D eigenvalue weighted by molar-refractivity contribution is 7.26. The van der Waals surface area contributed by atoms with Crippen molar-refractivity contribution >= 4 is 80.6 Å². The lowest BCUT2D eigenvalue weighted by atomic mass is 9.91. The molecule has 50 heavy (non-hydrogen) atoms. The summed E-state index contributed by atoms with van der Waals surface area (Å²) in [6.07, 6.45) is 1.98. The number of rotatable bonds is 3. The Labute approximate surface area is 291 Å². The number of fused-ring (bicyclic) bond motifs is 11. The normalized spacial score (nSPS) is 12.0. The maximum absolute atomic E-state index is 5.16. The summed E-state index contributed by atoms with van der Waals surface area (Å²) in [5.74, 6) is 0. The molecule has 7 aromatic carbocycles. The molecule has 3 nitrogen and oxygen atoms in total. The zero-order valence-electron chi connectivity index (χ0n) is 26.8. The topological polar surface area (TPSA) is 30.2 Å². The first kappa shape index (κ1) is 27.6. The van der Waals surface area contributed by atoms with Gasteiger partial charge in [0.05, 0.1) is 26.9 Å². The number of thiophene rings is 1. The summed E-state index contributed by atoms with van der Waals surface area (Å²) in [5, 5.41) is 8.58. The highest BCUT2D eigenvalue weighted by atomic mass is 32.1. The van der Waals surface area contributed by atoms with Gasteiger partial charge in [-0.1, -0.05) is 127 Å². The van der Waals surface area contributed by atoms with E-state index in [4.69, 9.17) is 9.97 Å². The van der Waals surface area contributed by atoms with E-state index < -0.39 is 0 Å². The molecule has 0 amide bonds. The SMILES string of the molecule is c1ccc2c(c1)cnc1cc(-c3ccc(-c4ccc(-c5cc6c7ccccc7sc6c6nc7ccccc7n56)cc4)c4ccccc34)ccc12. The Kier molecular flexibility index (Phi) is 5.83. The fourth-order valence-electron chi connectivity index (χ4n) is 7.86. The zero-order chi connectivity index (χ0) is 32.8. The first-order chi connectivity index (χ1) is 24.8. The monoisotopic (exact) mass is 653 g/mol. The van der Waals surface area contributed by atoms with Crippen LogP contribution in [0.4, 0.5) is 0 Å². The first-order valence-electron chi connectivity index (χ1n) is 16.9. The van der Waals surface area contributed by atoms with Gasteiger partial charge in [-0.2, -0.15) is 0 Å². The molecule has 0 saturated carbocycles. The van der Waals surface area contributed by atoms with Gasteiger partial charge in [0.1, 0.15) is 0 Å². The molecule has 0 spiro atoms. The number of imidazole rings is 1. The molecule has 0 atom stereocenters. The molecule has 0 unspecified atom stereocenters. The third-order valence-electron chi connectivity index (χ3n) is 10.2. The second-order valence-electron chi connectivity index (χ2n) is 13.0. The van der Waals surface area contributed by atoms with Crippen molar-refractivity contribution in [3.05, 3.63) is 164 Å². The van der Waals surface area contributed by atoms with E-state index in [0.717, 1.165) is 38.8 Å². The number of pyridine rings is 2. The Bertz CT molecular complexity index is 3150. The molecular weight excluding hydrogens is 627 g/mol. The fraction of sp³-hybridized carbons (Fsp3) is 0. The van der Waals surface area contributed by atoms with Crippen LogP contribution in [0.2, 0.25) is 0 Å². The van der Waals surface area contributed by atoms with Crippen LogP contribution in [0.3, 0.4) is 0 Å². The van der Waals surface area contributed by atoms with Gasteiger partial charge in [-0.25, -0.2) is 4.98 Å². The van der Waals surface area contributed by atoms with Crippen LogP contribution < -0.4 is 0 Å². The summed E-state index contributed by atoms with van der Waals surface area (Å²) in [5.41, 5.74) is 11.3. The fourth-order valence-corrected chi connectivity index (χ4v) is 9.02. The lowest BCUT2D eigenvalue weighted by Gasteiger charge is -2.14. The summed E-state index contributed by atoms with van der Waals surface area (Å²) in [4.78, 5) is 9.99. The highest BCUT2D eigenvalue weighted by Crippen LogP contribution is 2.42. The number of hydrogen-bond donors (Lipinski definition) is 0. The lowest BCUT2D eigenvalue weighted by Crippen LogP contribution is -1.93. The van der Waals surface area contributed by atoms with E-state index in [0.29, 0.717) is 0 Å². The Morgan fingerprint density at radius 1 is 0.460 bits per heavy atom. The molecule has 0 aliphatic rings. The Hall–Kier alpha value is -6.36. The minimum atomic E-state index is 1.01. The molecule has 0 radical (unpaired) electrons. The van der Waals surface area contributed by atoms with Gasteiger partial charge in [0.25, 0.3) is 0 Å². The van der Waals surface area contributed by atoms with Gasteiger partial charge < -0.3 is 0 Å². The number of hydrogen-bond acceptors (Lipinski definition) is 3. The van der Waals surface area contributed by atoms with Crippen molar-refractivity contribution in [3.63, 3.8) is 0 Å². The van der Waals surface area contributed by atoms with Crippen LogP contribution in [0.25, 0.3) is 103 Å². The van der Waals surface area contributed by atoms with Gasteiger partial charge in [-0.05, 0) is 74.3 Å². The maximum Gasteiger partial charge on any atom is 0.156 e. The van der Waals surface area contributed by atoms with E-state index in [9.17, 15) is 0 Å². The van der Waals surface area contributed by atoms with Gasteiger partial charge in [-0.3, -0.25) is 9.38 Å². The average molecular weight is 654 g/mol. The summed E-state index contributed by atoms with van der Waals surface area (Å²) >= 11 is 1.82. The Morgan fingerprint density at radius 3 is 1.96 bits per heavy atom. The van der Waals surface area contributed by atoms with Crippen LogP contribution in [0, 0.1) is 0 Å². The number of benzene rings is 7. The van der Waals surface area contributed by atoms with E-state index in [1.165, 1.54) is 64.0 Å². The minimum Gasteiger partial charge on any atom is -0.291 e. The van der Waals surface area contributed by atoms with E-state index in [2.05, 4.69) is 162 Å². The summed E-state index contributed by atoms with van der Waals surface area (Å²) in [7, 11) is 0. The number of nitrogens with zero attached hydrogens (tertiary/aromatic N) is 3. The van der Waals surface area contributed by atoms with Crippen molar-refractivity contribution in [2.45, 2.75) is 0 Å². The molecule has 11 aromatic rings. The predicted molar refractivity (Wildman–Crippen MR) is 212 cm³/mol. The van der Waals surface area contributed by atoms with E-state index in [1.807, 2.05) is 17.5 Å². The van der Waals surface area contributed by atoms with Gasteiger partial charge in [0.2, 0.25) is 0 Å². The Morgan fingerprint density at radius 2 is 1.12 bits per heavy atom. The van der Waals surface area contributed by atoms with E-state index in [-0.39, 0.29) is 0 Å². The molecule has 0 fully saturated rings. The Balaban J connectivity index is 1.05. The minimum absolute atomic E-state index is 1.01. The van der Waals surface area contributed by atoms with E-state index in [1.54, 1.807) is 0 Å². The highest BCUT2D eigenvalue weighted by Gasteiger charge is 2.18. The standard InChI is InChI=1S/C46H27N3S/c1-2-10-32-31(9-1)27-47-41-25-30(21-22-37(32)41)34-24-23-33(35-11-3-4-12-36(34)35)28-17-19-29(20-18-28)43-26-39-38-13-5-8-16-44(38)50-45(39)46-48-40-14-6-7-15-42(40)49(43)46/h1-27H. The number of aromatic nitrogens is 3. The van der Waals surface area contributed by atoms with Crippen LogP contribution in [0.15, 0.2) is 164 Å². The summed E-state index contributed by atoms with van der Waals surface area (Å²) < 4.78 is 4.85. The van der Waals surface area contributed by atoms with Crippen molar-refractivity contribution in [1.82, 2.24) is 14.4 Å². The zero-order valence-corrected chi connectivity index (χ0v) is 27.7. The molecule has 232 valence electrons. The van der Waals surface area contributed by atoms with Crippen LogP contribution >= 0.6 is 11.3 Å². The smallest absolute Gasteiger partial charge is 0.156 e. The molecule has 0 aliphatic carbocycles. The molecule has 4 heterocycles. The van der Waals surface area contributed by atoms with Crippen LogP contribution in [0.5, 0.6) is 0 Å². The molecule has 4 aromatic heterocycles. The third kappa shape index (κ3) is 4.03. The maximum atomic E-state index is 5.16. The summed E-state index contributed by atoms with van der Waals surface area (Å²) in [6.45, 7) is 0.